The molecular formula is C26H33F2N5O5. The standard InChI is InChI=1S/C26H33F2N5O5/c1-15-7-5-6-10-33(15)23(34)13-22(30-25(36)21-11-16(2)38-31-21)26(37)32(4)17(3)24(35)29-14-18-8-9-19(27)12-20(18)28/h8-9,11-12,15,17,22H,5-7,10,13-14H2,1-4H3,(H,29,35)(H,30,36)/t15?,17-,22-/m0/s1. The summed E-state index contributed by atoms with van der Waals surface area (Å²) < 4.78 is 32.0. The summed E-state index contributed by atoms with van der Waals surface area (Å²) in [6.45, 7) is 5.36. The lowest BCUT2D eigenvalue weighted by molar-refractivity contribution is -0.143. The van der Waals surface area contributed by atoms with Crippen molar-refractivity contribution in [1.29, 1.82) is 0 Å². The number of amides is 4. The largest absolute Gasteiger partial charge is 0.361 e. The van der Waals surface area contributed by atoms with Gasteiger partial charge in [0.25, 0.3) is 5.91 Å². The Kier molecular flexibility index (Phi) is 9.54. The first-order valence-corrected chi connectivity index (χ1v) is 12.5. The lowest BCUT2D eigenvalue weighted by atomic mass is 10.0. The number of aryl methyl sites for hydroxylation is 1. The molecule has 2 N–H and O–H groups in total. The van der Waals surface area contributed by atoms with Crippen LogP contribution in [0.5, 0.6) is 0 Å². The molecule has 3 atom stereocenters. The van der Waals surface area contributed by atoms with Crippen molar-refractivity contribution in [1.82, 2.24) is 25.6 Å². The van der Waals surface area contributed by atoms with Gasteiger partial charge in [0.2, 0.25) is 17.7 Å². The Hall–Kier alpha value is -3.83. The number of nitrogens with one attached hydrogen (secondary N) is 2. The molecule has 4 amide bonds. The minimum atomic E-state index is -1.27. The van der Waals surface area contributed by atoms with E-state index in [1.54, 1.807) is 11.8 Å². The smallest absolute Gasteiger partial charge is 0.274 e. The zero-order valence-electron chi connectivity index (χ0n) is 21.9. The molecule has 0 spiro atoms. The van der Waals surface area contributed by atoms with Crippen LogP contribution in [0.1, 0.15) is 61.3 Å². The fraction of sp³-hybridized carbons (Fsp3) is 0.500. The summed E-state index contributed by atoms with van der Waals surface area (Å²) in [7, 11) is 1.37. The number of carbonyl (C=O) groups excluding carboxylic acids is 4. The van der Waals surface area contributed by atoms with E-state index in [1.165, 1.54) is 26.1 Å². The van der Waals surface area contributed by atoms with Gasteiger partial charge in [-0.2, -0.15) is 0 Å². The Labute approximate surface area is 219 Å². The predicted octanol–water partition coefficient (Wildman–Crippen LogP) is 2.31. The lowest BCUT2D eigenvalue weighted by Gasteiger charge is -2.35. The number of aromatic nitrogens is 1. The predicted molar refractivity (Wildman–Crippen MR) is 133 cm³/mol. The highest BCUT2D eigenvalue weighted by molar-refractivity contribution is 5.98. The number of hydrogen-bond acceptors (Lipinski definition) is 6. The third-order valence-corrected chi connectivity index (χ3v) is 6.74. The maximum atomic E-state index is 13.9. The van der Waals surface area contributed by atoms with Crippen LogP contribution in [0.15, 0.2) is 28.8 Å². The summed E-state index contributed by atoms with van der Waals surface area (Å²) in [5, 5.41) is 8.74. The number of likely N-dealkylation sites (N-methyl/N-ethyl adjacent to an activating group) is 1. The summed E-state index contributed by atoms with van der Waals surface area (Å²) in [5.41, 5.74) is 0.0316. The minimum Gasteiger partial charge on any atom is -0.361 e. The Morgan fingerprint density at radius 2 is 1.95 bits per heavy atom. The van der Waals surface area contributed by atoms with Crippen molar-refractivity contribution in [3.05, 3.63) is 52.9 Å². The molecule has 1 aromatic carbocycles. The second kappa shape index (κ2) is 12.6. The van der Waals surface area contributed by atoms with Crippen molar-refractivity contribution in [3.8, 4) is 0 Å². The van der Waals surface area contributed by atoms with Crippen molar-refractivity contribution >= 4 is 23.6 Å². The highest BCUT2D eigenvalue weighted by atomic mass is 19.1. The first-order chi connectivity index (χ1) is 18.0. The number of piperidine rings is 1. The van der Waals surface area contributed by atoms with Gasteiger partial charge in [0.05, 0.1) is 6.42 Å². The van der Waals surface area contributed by atoms with E-state index in [1.807, 2.05) is 6.92 Å². The molecule has 38 heavy (non-hydrogen) atoms. The van der Waals surface area contributed by atoms with Gasteiger partial charge in [0.1, 0.15) is 29.5 Å². The van der Waals surface area contributed by atoms with Crippen LogP contribution in [0.25, 0.3) is 0 Å². The van der Waals surface area contributed by atoms with Crippen molar-refractivity contribution in [2.75, 3.05) is 13.6 Å². The van der Waals surface area contributed by atoms with E-state index in [9.17, 15) is 28.0 Å². The van der Waals surface area contributed by atoms with Gasteiger partial charge in [-0.3, -0.25) is 19.2 Å². The Morgan fingerprint density at radius 1 is 1.21 bits per heavy atom. The van der Waals surface area contributed by atoms with Crippen LogP contribution >= 0.6 is 0 Å². The monoisotopic (exact) mass is 533 g/mol. The Morgan fingerprint density at radius 3 is 2.58 bits per heavy atom. The van der Waals surface area contributed by atoms with E-state index in [2.05, 4.69) is 15.8 Å². The van der Waals surface area contributed by atoms with E-state index in [4.69, 9.17) is 4.52 Å². The molecule has 0 bridgehead atoms. The zero-order valence-corrected chi connectivity index (χ0v) is 21.9. The molecule has 1 fully saturated rings. The van der Waals surface area contributed by atoms with Crippen LogP contribution < -0.4 is 10.6 Å². The van der Waals surface area contributed by atoms with Crippen LogP contribution in [0.4, 0.5) is 8.78 Å². The normalized spacial score (nSPS) is 16.9. The molecule has 206 valence electrons. The molecule has 2 aromatic rings. The number of halogens is 2. The van der Waals surface area contributed by atoms with Crippen molar-refractivity contribution in [2.24, 2.45) is 0 Å². The van der Waals surface area contributed by atoms with Crippen molar-refractivity contribution in [2.45, 2.75) is 71.1 Å². The van der Waals surface area contributed by atoms with E-state index < -0.39 is 41.4 Å². The highest BCUT2D eigenvalue weighted by Crippen LogP contribution is 2.19. The minimum absolute atomic E-state index is 0.00943. The van der Waals surface area contributed by atoms with E-state index >= 15 is 0 Å². The van der Waals surface area contributed by atoms with E-state index in [0.717, 1.165) is 30.2 Å². The topological polar surface area (TPSA) is 125 Å². The molecule has 10 nitrogen and oxygen atoms in total. The molecule has 1 unspecified atom stereocenters. The first kappa shape index (κ1) is 28.7. The van der Waals surface area contributed by atoms with Gasteiger partial charge in [0, 0.05) is 43.9 Å². The summed E-state index contributed by atoms with van der Waals surface area (Å²) >= 11 is 0. The zero-order chi connectivity index (χ0) is 28.0. The van der Waals surface area contributed by atoms with Crippen molar-refractivity contribution < 1.29 is 32.5 Å². The van der Waals surface area contributed by atoms with Gasteiger partial charge in [-0.25, -0.2) is 8.78 Å². The molecule has 0 saturated carbocycles. The fourth-order valence-corrected chi connectivity index (χ4v) is 4.27. The van der Waals surface area contributed by atoms with Crippen LogP contribution in [-0.2, 0) is 20.9 Å². The third-order valence-electron chi connectivity index (χ3n) is 6.74. The van der Waals surface area contributed by atoms with Gasteiger partial charge < -0.3 is 25.0 Å². The molecule has 0 aliphatic carbocycles. The molecule has 2 heterocycles. The Bertz CT molecular complexity index is 1190. The molecule has 0 radical (unpaired) electrons. The maximum Gasteiger partial charge on any atom is 0.274 e. The highest BCUT2D eigenvalue weighted by Gasteiger charge is 2.34. The van der Waals surface area contributed by atoms with Gasteiger partial charge in [-0.05, 0) is 46.1 Å². The first-order valence-electron chi connectivity index (χ1n) is 12.5. The van der Waals surface area contributed by atoms with Crippen LogP contribution in [0.2, 0.25) is 0 Å². The van der Waals surface area contributed by atoms with Gasteiger partial charge in [-0.15, -0.1) is 0 Å². The second-order valence-electron chi connectivity index (χ2n) is 9.56. The molecule has 1 aliphatic heterocycles. The van der Waals surface area contributed by atoms with Gasteiger partial charge in [-0.1, -0.05) is 11.2 Å². The van der Waals surface area contributed by atoms with Gasteiger partial charge >= 0.3 is 0 Å². The molecule has 12 heteroatoms. The number of nitrogens with zero attached hydrogens (tertiary/aromatic N) is 3. The summed E-state index contributed by atoms with van der Waals surface area (Å²) in [6.07, 6.45) is 2.41. The number of carbonyl (C=O) groups is 4. The molecule has 1 aromatic heterocycles. The average Bonchev–Trinajstić information content (AvgIpc) is 3.32. The fourth-order valence-electron chi connectivity index (χ4n) is 4.27. The second-order valence-corrected chi connectivity index (χ2v) is 9.56. The summed E-state index contributed by atoms with van der Waals surface area (Å²) in [5.74, 6) is -3.39. The van der Waals surface area contributed by atoms with Crippen molar-refractivity contribution in [3.63, 3.8) is 0 Å². The molecule has 1 aliphatic rings. The maximum absolute atomic E-state index is 13.9. The van der Waals surface area contributed by atoms with E-state index in [-0.39, 0.29) is 36.2 Å². The van der Waals surface area contributed by atoms with Gasteiger partial charge in [0.15, 0.2) is 5.69 Å². The number of likely N-dealkylation sites (tertiary alicyclic amines) is 1. The summed E-state index contributed by atoms with van der Waals surface area (Å²) in [4.78, 5) is 54.9. The quantitative estimate of drug-likeness (QED) is 0.510. The number of hydrogen-bond donors (Lipinski definition) is 2. The average molecular weight is 534 g/mol. The third kappa shape index (κ3) is 7.14. The summed E-state index contributed by atoms with van der Waals surface area (Å²) in [6, 6.07) is 2.13. The molecule has 3 rings (SSSR count). The van der Waals surface area contributed by atoms with Crippen LogP contribution in [0, 0.1) is 18.6 Å². The van der Waals surface area contributed by atoms with Crippen LogP contribution in [-0.4, -0.2) is 70.3 Å². The number of rotatable bonds is 9. The lowest BCUT2D eigenvalue weighted by Crippen LogP contribution is -2.55. The SMILES string of the molecule is Cc1cc(C(=O)N[C@@H](CC(=O)N2CCCCC2C)C(=O)N(C)[C@@H](C)C(=O)NCc2ccc(F)cc2F)no1. The van der Waals surface area contributed by atoms with E-state index in [0.29, 0.717) is 18.4 Å². The van der Waals surface area contributed by atoms with Crippen LogP contribution in [0.3, 0.4) is 0 Å². The molecule has 1 saturated heterocycles. The Balaban J connectivity index is 1.71. The molecular weight excluding hydrogens is 500 g/mol. The number of benzene rings is 1.